The van der Waals surface area contributed by atoms with E-state index in [1.165, 1.54) is 0 Å². The summed E-state index contributed by atoms with van der Waals surface area (Å²) in [5.41, 5.74) is 3.95. The van der Waals surface area contributed by atoms with Crippen LogP contribution in [-0.4, -0.2) is 41.2 Å². The van der Waals surface area contributed by atoms with Crippen LogP contribution in [0.5, 0.6) is 0 Å². The summed E-state index contributed by atoms with van der Waals surface area (Å²) < 4.78 is 1.77. The first-order valence-electron chi connectivity index (χ1n) is 9.44. The van der Waals surface area contributed by atoms with Gasteiger partial charge in [0.25, 0.3) is 0 Å². The normalized spacial score (nSPS) is 21.8. The Kier molecular flexibility index (Phi) is 4.70. The largest absolute Gasteiger partial charge is 0.326 e. The summed E-state index contributed by atoms with van der Waals surface area (Å²) in [5.74, 6) is 0.0839. The highest BCUT2D eigenvalue weighted by atomic mass is 16.2. The second kappa shape index (κ2) is 7.15. The van der Waals surface area contributed by atoms with Crippen molar-refractivity contribution in [1.29, 1.82) is 0 Å². The quantitative estimate of drug-likeness (QED) is 0.865. The topological polar surface area (TPSA) is 79.3 Å². The van der Waals surface area contributed by atoms with E-state index in [-0.39, 0.29) is 23.7 Å². The maximum Gasteiger partial charge on any atom is 0.229 e. The van der Waals surface area contributed by atoms with E-state index in [9.17, 15) is 9.59 Å². The van der Waals surface area contributed by atoms with Gasteiger partial charge >= 0.3 is 0 Å². The Bertz CT molecular complexity index is 875. The van der Waals surface area contributed by atoms with Crippen molar-refractivity contribution in [3.8, 4) is 0 Å². The number of rotatable bonds is 3. The maximum absolute atomic E-state index is 12.9. The van der Waals surface area contributed by atoms with Gasteiger partial charge < -0.3 is 15.5 Å². The fourth-order valence-corrected chi connectivity index (χ4v) is 4.17. The highest BCUT2D eigenvalue weighted by Gasteiger charge is 2.34. The lowest BCUT2D eigenvalue weighted by Gasteiger charge is -2.29. The van der Waals surface area contributed by atoms with Gasteiger partial charge in [-0.3, -0.25) is 14.3 Å². The van der Waals surface area contributed by atoms with Crippen molar-refractivity contribution in [3.63, 3.8) is 0 Å². The first-order valence-corrected chi connectivity index (χ1v) is 9.44. The van der Waals surface area contributed by atoms with Crippen LogP contribution in [0.4, 0.5) is 11.4 Å². The van der Waals surface area contributed by atoms with Crippen molar-refractivity contribution in [2.45, 2.75) is 25.7 Å². The van der Waals surface area contributed by atoms with Crippen LogP contribution in [0.25, 0.3) is 0 Å². The van der Waals surface area contributed by atoms with E-state index in [0.29, 0.717) is 6.54 Å². The molecular weight excluding hydrogens is 342 g/mol. The van der Waals surface area contributed by atoms with Crippen LogP contribution in [-0.2, 0) is 23.1 Å². The Hall–Kier alpha value is -2.67. The number of fused-ring (bicyclic) bond motifs is 1. The zero-order valence-corrected chi connectivity index (χ0v) is 15.7. The highest BCUT2D eigenvalue weighted by molar-refractivity contribution is 5.96. The van der Waals surface area contributed by atoms with Crippen LogP contribution in [0.1, 0.15) is 30.4 Å². The van der Waals surface area contributed by atoms with Gasteiger partial charge in [0.05, 0.1) is 12.1 Å². The Balaban J connectivity index is 1.50. The van der Waals surface area contributed by atoms with E-state index in [0.717, 1.165) is 48.4 Å². The molecule has 27 heavy (non-hydrogen) atoms. The van der Waals surface area contributed by atoms with Crippen LogP contribution in [0.2, 0.25) is 0 Å². The molecule has 142 valence electrons. The molecule has 2 N–H and O–H groups in total. The number of aryl methyl sites for hydroxylation is 2. The molecule has 2 aromatic rings. The first-order chi connectivity index (χ1) is 13.0. The zero-order chi connectivity index (χ0) is 19.0. The minimum absolute atomic E-state index is 0.0213. The van der Waals surface area contributed by atoms with Crippen LogP contribution < -0.4 is 15.5 Å². The van der Waals surface area contributed by atoms with Gasteiger partial charge in [-0.05, 0) is 42.2 Å². The lowest BCUT2D eigenvalue weighted by Crippen LogP contribution is -2.33. The van der Waals surface area contributed by atoms with Gasteiger partial charge in [0.1, 0.15) is 0 Å². The summed E-state index contributed by atoms with van der Waals surface area (Å²) in [6, 6.07) is 5.83. The molecular formula is C20H25N5O2. The minimum Gasteiger partial charge on any atom is -0.326 e. The molecule has 0 aliphatic carbocycles. The third-order valence-corrected chi connectivity index (χ3v) is 5.55. The molecule has 2 atom stereocenters. The lowest BCUT2D eigenvalue weighted by molar-refractivity contribution is -0.119. The number of benzene rings is 1. The number of amides is 2. The van der Waals surface area contributed by atoms with Gasteiger partial charge in [-0.25, -0.2) is 0 Å². The molecule has 1 fully saturated rings. The fraction of sp³-hybridized carbons (Fsp3) is 0.450. The predicted molar refractivity (Wildman–Crippen MR) is 104 cm³/mol. The van der Waals surface area contributed by atoms with Crippen LogP contribution in [0.15, 0.2) is 30.6 Å². The number of hydrogen-bond acceptors (Lipinski definition) is 4. The summed E-state index contributed by atoms with van der Waals surface area (Å²) in [4.78, 5) is 26.5. The summed E-state index contributed by atoms with van der Waals surface area (Å²) in [6.45, 7) is 3.79. The Labute approximate surface area is 158 Å². The third-order valence-electron chi connectivity index (χ3n) is 5.55. The summed E-state index contributed by atoms with van der Waals surface area (Å²) >= 11 is 0. The number of carbonyl (C=O) groups is 2. The standard InChI is InChI=1S/C20H25N5O2/c1-13(26)25-7-3-4-14-8-16(5-6-19(14)25)23-20(27)18-11-21-10-17(18)15-9-22-24(2)12-15/h5-6,8-9,12,17-18,21H,3-4,7,10-11H2,1-2H3,(H,23,27)/t17-,18+/m1/s1. The van der Waals surface area contributed by atoms with E-state index in [1.807, 2.05) is 42.5 Å². The first kappa shape index (κ1) is 17.7. The van der Waals surface area contributed by atoms with Gasteiger partial charge in [0.15, 0.2) is 0 Å². The van der Waals surface area contributed by atoms with Crippen molar-refractivity contribution in [1.82, 2.24) is 15.1 Å². The fourth-order valence-electron chi connectivity index (χ4n) is 4.17. The van der Waals surface area contributed by atoms with E-state index in [1.54, 1.807) is 11.6 Å². The predicted octanol–water partition coefficient (Wildman–Crippen LogP) is 1.66. The zero-order valence-electron chi connectivity index (χ0n) is 15.7. The number of aromatic nitrogens is 2. The molecule has 2 amide bonds. The second-order valence-electron chi connectivity index (χ2n) is 7.43. The Morgan fingerprint density at radius 1 is 1.30 bits per heavy atom. The van der Waals surface area contributed by atoms with Crippen LogP contribution in [0, 0.1) is 5.92 Å². The molecule has 0 radical (unpaired) electrons. The molecule has 7 heteroatoms. The van der Waals surface area contributed by atoms with Gasteiger partial charge in [-0.2, -0.15) is 5.10 Å². The van der Waals surface area contributed by atoms with E-state index >= 15 is 0 Å². The molecule has 7 nitrogen and oxygen atoms in total. The van der Waals surface area contributed by atoms with Gasteiger partial charge in [0.2, 0.25) is 11.8 Å². The lowest BCUT2D eigenvalue weighted by atomic mass is 9.90. The maximum atomic E-state index is 12.9. The molecule has 1 aromatic carbocycles. The minimum atomic E-state index is -0.126. The number of carbonyl (C=O) groups excluding carboxylic acids is 2. The molecule has 1 saturated heterocycles. The second-order valence-corrected chi connectivity index (χ2v) is 7.43. The van der Waals surface area contributed by atoms with Crippen LogP contribution >= 0.6 is 0 Å². The van der Waals surface area contributed by atoms with Gasteiger partial charge in [0, 0.05) is 57.1 Å². The Morgan fingerprint density at radius 2 is 2.15 bits per heavy atom. The van der Waals surface area contributed by atoms with E-state index < -0.39 is 0 Å². The van der Waals surface area contributed by atoms with Crippen LogP contribution in [0.3, 0.4) is 0 Å². The number of nitrogens with one attached hydrogen (secondary N) is 2. The average Bonchev–Trinajstić information content (AvgIpc) is 3.29. The Morgan fingerprint density at radius 3 is 2.89 bits per heavy atom. The molecule has 4 rings (SSSR count). The van der Waals surface area contributed by atoms with Crippen molar-refractivity contribution in [2.75, 3.05) is 29.9 Å². The van der Waals surface area contributed by atoms with Crippen molar-refractivity contribution in [2.24, 2.45) is 13.0 Å². The van der Waals surface area contributed by atoms with Crippen molar-refractivity contribution < 1.29 is 9.59 Å². The van der Waals surface area contributed by atoms with Gasteiger partial charge in [-0.1, -0.05) is 0 Å². The van der Waals surface area contributed by atoms with Crippen molar-refractivity contribution in [3.05, 3.63) is 41.7 Å². The molecule has 2 aliphatic heterocycles. The molecule has 0 spiro atoms. The van der Waals surface area contributed by atoms with E-state index in [2.05, 4.69) is 15.7 Å². The molecule has 0 unspecified atom stereocenters. The number of anilines is 2. The molecule has 3 heterocycles. The third kappa shape index (κ3) is 3.47. The van der Waals surface area contributed by atoms with Gasteiger partial charge in [-0.15, -0.1) is 0 Å². The van der Waals surface area contributed by atoms with E-state index in [4.69, 9.17) is 0 Å². The highest BCUT2D eigenvalue weighted by Crippen LogP contribution is 2.32. The van der Waals surface area contributed by atoms with Crippen molar-refractivity contribution >= 4 is 23.2 Å². The number of hydrogen-bond donors (Lipinski definition) is 2. The monoisotopic (exact) mass is 367 g/mol. The summed E-state index contributed by atoms with van der Waals surface area (Å²) in [6.07, 6.45) is 5.69. The SMILES string of the molecule is CC(=O)N1CCCc2cc(NC(=O)[C@H]3CNC[C@@H]3c3cnn(C)c3)ccc21. The molecule has 0 saturated carbocycles. The average molecular weight is 367 g/mol. The smallest absolute Gasteiger partial charge is 0.229 e. The number of nitrogens with zero attached hydrogens (tertiary/aromatic N) is 3. The summed E-state index contributed by atoms with van der Waals surface area (Å²) in [7, 11) is 1.89. The molecule has 2 aliphatic rings. The molecule has 1 aromatic heterocycles. The summed E-state index contributed by atoms with van der Waals surface area (Å²) in [5, 5.41) is 10.6. The molecule has 0 bridgehead atoms.